The van der Waals surface area contributed by atoms with Crippen LogP contribution in [0.5, 0.6) is 0 Å². The Morgan fingerprint density at radius 1 is 1.04 bits per heavy atom. The summed E-state index contributed by atoms with van der Waals surface area (Å²) in [4.78, 5) is 4.01. The van der Waals surface area contributed by atoms with E-state index in [2.05, 4.69) is 4.98 Å². The standard InChI is InChI=1S/C16H14F2N2O2S/c17-11-3-6-16(20-9-11)15-8-12(18)7-14(15)10-1-4-13(5-2-10)23(19,21)22/h1-6,9,12H,7-8H2,(H2,19,21,22). The summed E-state index contributed by atoms with van der Waals surface area (Å²) < 4.78 is 49.5. The van der Waals surface area contributed by atoms with Crippen LogP contribution in [-0.2, 0) is 10.0 Å². The monoisotopic (exact) mass is 336 g/mol. The van der Waals surface area contributed by atoms with E-state index in [1.54, 1.807) is 12.1 Å². The Balaban J connectivity index is 2.04. The molecule has 1 unspecified atom stereocenters. The molecule has 1 atom stereocenters. The van der Waals surface area contributed by atoms with Crippen molar-refractivity contribution in [3.8, 4) is 0 Å². The number of nitrogens with zero attached hydrogens (tertiary/aromatic N) is 1. The molecular formula is C16H14F2N2O2S. The average Bonchev–Trinajstić information content (AvgIpc) is 2.89. The Kier molecular flexibility index (Phi) is 3.99. The van der Waals surface area contributed by atoms with Gasteiger partial charge in [0.05, 0.1) is 16.8 Å². The summed E-state index contributed by atoms with van der Waals surface area (Å²) >= 11 is 0. The van der Waals surface area contributed by atoms with E-state index in [0.717, 1.165) is 11.8 Å². The molecule has 4 nitrogen and oxygen atoms in total. The number of alkyl halides is 1. The topological polar surface area (TPSA) is 73.1 Å². The molecule has 1 aliphatic carbocycles. The molecule has 7 heteroatoms. The van der Waals surface area contributed by atoms with Crippen molar-refractivity contribution in [1.82, 2.24) is 4.98 Å². The second-order valence-electron chi connectivity index (χ2n) is 5.39. The number of halogens is 2. The summed E-state index contributed by atoms with van der Waals surface area (Å²) in [5.74, 6) is -0.455. The molecule has 1 heterocycles. The molecule has 2 aromatic rings. The lowest BCUT2D eigenvalue weighted by Crippen LogP contribution is -2.11. The van der Waals surface area contributed by atoms with E-state index in [1.165, 1.54) is 24.3 Å². The van der Waals surface area contributed by atoms with E-state index in [-0.39, 0.29) is 17.7 Å². The fourth-order valence-corrected chi connectivity index (χ4v) is 3.23. The molecule has 120 valence electrons. The van der Waals surface area contributed by atoms with Crippen LogP contribution in [0, 0.1) is 5.82 Å². The van der Waals surface area contributed by atoms with E-state index in [4.69, 9.17) is 5.14 Å². The summed E-state index contributed by atoms with van der Waals surface area (Å²) in [6.07, 6.45) is 0.466. The van der Waals surface area contributed by atoms with E-state index in [0.29, 0.717) is 16.8 Å². The lowest BCUT2D eigenvalue weighted by atomic mass is 10.00. The fourth-order valence-electron chi connectivity index (χ4n) is 2.71. The zero-order chi connectivity index (χ0) is 16.6. The van der Waals surface area contributed by atoms with Gasteiger partial charge in [0.25, 0.3) is 0 Å². The summed E-state index contributed by atoms with van der Waals surface area (Å²) in [7, 11) is -3.77. The largest absolute Gasteiger partial charge is 0.254 e. The van der Waals surface area contributed by atoms with Gasteiger partial charge in [0.2, 0.25) is 10.0 Å². The molecule has 3 rings (SSSR count). The van der Waals surface area contributed by atoms with Crippen LogP contribution in [0.4, 0.5) is 8.78 Å². The predicted octanol–water partition coefficient (Wildman–Crippen LogP) is 2.91. The number of aromatic nitrogens is 1. The van der Waals surface area contributed by atoms with Crippen LogP contribution in [0.15, 0.2) is 47.5 Å². The Hall–Kier alpha value is -2.12. The summed E-state index contributed by atoms with van der Waals surface area (Å²) in [5, 5.41) is 5.07. The molecule has 0 saturated carbocycles. The maximum atomic E-state index is 13.9. The molecule has 0 spiro atoms. The second kappa shape index (κ2) is 5.82. The van der Waals surface area contributed by atoms with Crippen LogP contribution in [0.2, 0.25) is 0 Å². The lowest BCUT2D eigenvalue weighted by molar-refractivity contribution is 0.357. The first-order chi connectivity index (χ1) is 10.8. The number of hydrogen-bond acceptors (Lipinski definition) is 3. The Bertz CT molecular complexity index is 860. The maximum Gasteiger partial charge on any atom is 0.238 e. The number of pyridine rings is 1. The summed E-state index contributed by atoms with van der Waals surface area (Å²) in [5.41, 5.74) is 2.69. The fraction of sp³-hybridized carbons (Fsp3) is 0.188. The number of hydrogen-bond donors (Lipinski definition) is 1. The molecule has 0 aliphatic heterocycles. The molecule has 2 N–H and O–H groups in total. The maximum absolute atomic E-state index is 13.9. The number of allylic oxidation sites excluding steroid dienone is 2. The van der Waals surface area contributed by atoms with Gasteiger partial charge in [-0.1, -0.05) is 12.1 Å². The van der Waals surface area contributed by atoms with E-state index in [9.17, 15) is 17.2 Å². The van der Waals surface area contributed by atoms with Crippen LogP contribution in [0.25, 0.3) is 11.1 Å². The Morgan fingerprint density at radius 3 is 2.26 bits per heavy atom. The van der Waals surface area contributed by atoms with Crippen molar-refractivity contribution in [3.05, 3.63) is 59.7 Å². The molecule has 0 saturated heterocycles. The van der Waals surface area contributed by atoms with Gasteiger partial charge in [-0.3, -0.25) is 4.98 Å². The van der Waals surface area contributed by atoms with Crippen molar-refractivity contribution in [3.63, 3.8) is 0 Å². The average molecular weight is 336 g/mol. The molecule has 0 fully saturated rings. The van der Waals surface area contributed by atoms with Gasteiger partial charge in [-0.05, 0) is 41.0 Å². The van der Waals surface area contributed by atoms with Gasteiger partial charge in [0.15, 0.2) is 0 Å². The molecule has 1 aliphatic rings. The normalized spacial score (nSPS) is 18.5. The summed E-state index contributed by atoms with van der Waals surface area (Å²) in [6.45, 7) is 0. The van der Waals surface area contributed by atoms with Crippen molar-refractivity contribution < 1.29 is 17.2 Å². The smallest absolute Gasteiger partial charge is 0.238 e. The van der Waals surface area contributed by atoms with Crippen molar-refractivity contribution in [1.29, 1.82) is 0 Å². The molecular weight excluding hydrogens is 322 g/mol. The Morgan fingerprint density at radius 2 is 1.70 bits per heavy atom. The predicted molar refractivity (Wildman–Crippen MR) is 83.0 cm³/mol. The third-order valence-corrected chi connectivity index (χ3v) is 4.71. The Labute approximate surface area is 132 Å². The highest BCUT2D eigenvalue weighted by molar-refractivity contribution is 7.89. The van der Waals surface area contributed by atoms with Crippen molar-refractivity contribution in [2.45, 2.75) is 23.9 Å². The minimum absolute atomic E-state index is 0.00176. The van der Waals surface area contributed by atoms with Crippen molar-refractivity contribution >= 4 is 21.2 Å². The minimum atomic E-state index is -3.77. The highest BCUT2D eigenvalue weighted by Crippen LogP contribution is 2.40. The van der Waals surface area contributed by atoms with E-state index >= 15 is 0 Å². The number of sulfonamides is 1. The highest BCUT2D eigenvalue weighted by Gasteiger charge is 2.26. The molecule has 23 heavy (non-hydrogen) atoms. The number of nitrogens with two attached hydrogens (primary N) is 1. The van der Waals surface area contributed by atoms with Crippen molar-refractivity contribution in [2.24, 2.45) is 5.14 Å². The lowest BCUT2D eigenvalue weighted by Gasteiger charge is -2.08. The first kappa shape index (κ1) is 15.8. The van der Waals surface area contributed by atoms with Gasteiger partial charge < -0.3 is 0 Å². The van der Waals surface area contributed by atoms with Crippen LogP contribution in [-0.4, -0.2) is 19.6 Å². The van der Waals surface area contributed by atoms with Gasteiger partial charge in [-0.2, -0.15) is 0 Å². The zero-order valence-electron chi connectivity index (χ0n) is 12.0. The van der Waals surface area contributed by atoms with Gasteiger partial charge in [-0.25, -0.2) is 22.3 Å². The van der Waals surface area contributed by atoms with Crippen LogP contribution < -0.4 is 5.14 Å². The first-order valence-corrected chi connectivity index (χ1v) is 8.50. The number of benzene rings is 1. The quantitative estimate of drug-likeness (QED) is 0.936. The summed E-state index contributed by atoms with van der Waals surface area (Å²) in [6, 6.07) is 8.76. The molecule has 0 bridgehead atoms. The number of primary sulfonamides is 1. The van der Waals surface area contributed by atoms with Crippen molar-refractivity contribution in [2.75, 3.05) is 0 Å². The van der Waals surface area contributed by atoms with E-state index in [1.807, 2.05) is 0 Å². The number of rotatable bonds is 3. The molecule has 1 aromatic carbocycles. The third kappa shape index (κ3) is 3.30. The van der Waals surface area contributed by atoms with Crippen LogP contribution in [0.3, 0.4) is 0 Å². The van der Waals surface area contributed by atoms with E-state index < -0.39 is 22.0 Å². The van der Waals surface area contributed by atoms with Gasteiger partial charge in [-0.15, -0.1) is 0 Å². The third-order valence-electron chi connectivity index (χ3n) is 3.78. The molecule has 0 radical (unpaired) electrons. The van der Waals surface area contributed by atoms with Crippen LogP contribution in [0.1, 0.15) is 24.1 Å². The minimum Gasteiger partial charge on any atom is -0.254 e. The van der Waals surface area contributed by atoms with Crippen LogP contribution >= 0.6 is 0 Å². The zero-order valence-corrected chi connectivity index (χ0v) is 12.9. The van der Waals surface area contributed by atoms with Gasteiger partial charge in [0, 0.05) is 12.8 Å². The van der Waals surface area contributed by atoms with Gasteiger partial charge >= 0.3 is 0 Å². The highest BCUT2D eigenvalue weighted by atomic mass is 32.2. The molecule has 0 amide bonds. The second-order valence-corrected chi connectivity index (χ2v) is 6.96. The SMILES string of the molecule is NS(=O)(=O)c1ccc(C2=C(c3ccc(F)cn3)CC(F)C2)cc1. The first-order valence-electron chi connectivity index (χ1n) is 6.96. The molecule has 1 aromatic heterocycles. The van der Waals surface area contributed by atoms with Gasteiger partial charge in [0.1, 0.15) is 12.0 Å².